The molecule has 3 heterocycles. The van der Waals surface area contributed by atoms with Crippen LogP contribution in [0.15, 0.2) is 34.6 Å². The van der Waals surface area contributed by atoms with Crippen LogP contribution in [0.4, 0.5) is 5.69 Å². The van der Waals surface area contributed by atoms with Crippen molar-refractivity contribution in [3.05, 3.63) is 35.2 Å². The second-order valence-electron chi connectivity index (χ2n) is 8.77. The highest BCUT2D eigenvalue weighted by atomic mass is 16.5. The molecule has 0 spiro atoms. The molecule has 178 valence electrons. The van der Waals surface area contributed by atoms with E-state index in [9.17, 15) is 9.59 Å². The summed E-state index contributed by atoms with van der Waals surface area (Å²) < 4.78 is 11.1. The first-order valence-corrected chi connectivity index (χ1v) is 11.4. The molecule has 0 bridgehead atoms. The van der Waals surface area contributed by atoms with Crippen molar-refractivity contribution < 1.29 is 24.4 Å². The highest BCUT2D eigenvalue weighted by molar-refractivity contribution is 6.18. The Balaban J connectivity index is 1.57. The third-order valence-corrected chi connectivity index (χ3v) is 6.44. The Labute approximate surface area is 193 Å². The van der Waals surface area contributed by atoms with Crippen LogP contribution in [0.2, 0.25) is 0 Å². The largest absolute Gasteiger partial charge is 0.496 e. The van der Waals surface area contributed by atoms with Gasteiger partial charge in [0.2, 0.25) is 0 Å². The number of methoxy groups -OCH3 is 1. The summed E-state index contributed by atoms with van der Waals surface area (Å²) in [5.74, 6) is 0.591. The molecule has 3 aliphatic rings. The molecule has 0 unspecified atom stereocenters. The predicted octanol–water partition coefficient (Wildman–Crippen LogP) is -0.159. The fourth-order valence-corrected chi connectivity index (χ4v) is 4.56. The molecule has 0 radical (unpaired) electrons. The number of quaternary nitrogens is 1. The van der Waals surface area contributed by atoms with Gasteiger partial charge in [0.15, 0.2) is 5.57 Å². The minimum absolute atomic E-state index is 0.0654. The van der Waals surface area contributed by atoms with E-state index in [1.165, 1.54) is 10.9 Å². The molecule has 0 atom stereocenters. The van der Waals surface area contributed by atoms with E-state index in [1.54, 1.807) is 7.11 Å². The second-order valence-corrected chi connectivity index (χ2v) is 8.77. The highest BCUT2D eigenvalue weighted by Crippen LogP contribution is 2.35. The van der Waals surface area contributed by atoms with Gasteiger partial charge >= 0.3 is 11.9 Å². The van der Waals surface area contributed by atoms with Crippen molar-refractivity contribution in [3.8, 4) is 5.75 Å². The van der Waals surface area contributed by atoms with Gasteiger partial charge in [-0.05, 0) is 63.4 Å². The van der Waals surface area contributed by atoms with E-state index in [4.69, 9.17) is 15.2 Å². The molecule has 4 rings (SSSR count). The smallest absolute Gasteiger partial charge is 0.359 e. The number of anilines is 1. The lowest BCUT2D eigenvalue weighted by atomic mass is 9.89. The van der Waals surface area contributed by atoms with E-state index in [2.05, 4.69) is 33.6 Å². The lowest BCUT2D eigenvalue weighted by molar-refractivity contribution is -0.453. The topological polar surface area (TPSA) is 135 Å². The van der Waals surface area contributed by atoms with E-state index >= 15 is 0 Å². The van der Waals surface area contributed by atoms with Crippen LogP contribution in [-0.4, -0.2) is 69.2 Å². The molecule has 6 N–H and O–H groups in total. The van der Waals surface area contributed by atoms with Gasteiger partial charge in [0, 0.05) is 25.0 Å². The maximum Gasteiger partial charge on any atom is 0.359 e. The first-order valence-electron chi connectivity index (χ1n) is 11.4. The number of amides is 2. The van der Waals surface area contributed by atoms with E-state index in [0.29, 0.717) is 30.8 Å². The summed E-state index contributed by atoms with van der Waals surface area (Å²) in [7, 11) is 3.79. The molecule has 0 aromatic heterocycles. The Kier molecular flexibility index (Phi) is 7.26. The summed E-state index contributed by atoms with van der Waals surface area (Å²) in [5, 5.41) is 7.56. The Bertz CT molecular complexity index is 962. The fraction of sp³-hybridized carbons (Fsp3) is 0.522. The van der Waals surface area contributed by atoms with Crippen molar-refractivity contribution >= 4 is 23.5 Å². The first-order chi connectivity index (χ1) is 15.9. The van der Waals surface area contributed by atoms with E-state index in [1.807, 2.05) is 12.1 Å². The molecule has 2 fully saturated rings. The second kappa shape index (κ2) is 10.3. The predicted molar refractivity (Wildman–Crippen MR) is 124 cm³/mol. The number of likely N-dealkylation sites (tertiary alicyclic amines) is 1. The lowest BCUT2D eigenvalue weighted by Gasteiger charge is -2.30. The molecule has 10 nitrogen and oxygen atoms in total. The number of carbonyl (C=O) groups is 2. The molecule has 0 saturated carbocycles. The van der Waals surface area contributed by atoms with Crippen molar-refractivity contribution in [1.82, 2.24) is 10.2 Å². The van der Waals surface area contributed by atoms with Gasteiger partial charge in [0.25, 0.3) is 5.91 Å². The molecule has 10 heteroatoms. The van der Waals surface area contributed by atoms with Gasteiger partial charge in [-0.15, -0.1) is 0 Å². The summed E-state index contributed by atoms with van der Waals surface area (Å²) in [4.78, 5) is 31.7. The molecule has 3 aliphatic heterocycles. The van der Waals surface area contributed by atoms with Crippen molar-refractivity contribution in [2.45, 2.75) is 37.6 Å². The highest BCUT2D eigenvalue weighted by Gasteiger charge is 2.34. The zero-order chi connectivity index (χ0) is 23.4. The minimum atomic E-state index is -0.800. The van der Waals surface area contributed by atoms with Crippen LogP contribution < -0.4 is 26.4 Å². The third-order valence-electron chi connectivity index (χ3n) is 6.44. The number of ether oxygens (including phenoxy) is 2. The van der Waals surface area contributed by atoms with Gasteiger partial charge in [-0.2, -0.15) is 0 Å². The van der Waals surface area contributed by atoms with Gasteiger partial charge in [0.05, 0.1) is 13.2 Å². The van der Waals surface area contributed by atoms with Crippen LogP contribution >= 0.6 is 0 Å². The minimum Gasteiger partial charge on any atom is -0.496 e. The number of aliphatic imine (C=N–C) groups is 1. The zero-order valence-corrected chi connectivity index (χ0v) is 19.2. The van der Waals surface area contributed by atoms with Crippen molar-refractivity contribution in [3.63, 3.8) is 0 Å². The van der Waals surface area contributed by atoms with Crippen LogP contribution in [0.1, 0.15) is 37.2 Å². The summed E-state index contributed by atoms with van der Waals surface area (Å²) in [6.45, 7) is 3.40. The number of primary amides is 2. The molecule has 2 amide bonds. The SMILES string of the molecule is COc1cc(NC2=C(C(N)=O)C(=O)[NH2+]C(=NC3CCOCC3)N2)ccc1C1CCN(C)CC1. The number of carbonyl (C=O) groups excluding carboxylic acids is 2. The number of nitrogens with zero attached hydrogens (tertiary/aromatic N) is 2. The van der Waals surface area contributed by atoms with Crippen LogP contribution in [0.25, 0.3) is 0 Å². The number of guanidine groups is 1. The standard InChI is InChI=1S/C23H32N6O4/c1-29-9-5-14(6-10-29)17-4-3-16(13-18(17)32-2)25-21-19(20(24)30)22(31)28-23(27-21)26-15-7-11-33-12-8-15/h3-4,13-15H,5-12H2,1-2H3,(H2,24,30)(H3,25,26,27,28,31)/p+1. The maximum atomic E-state index is 12.7. The zero-order valence-electron chi connectivity index (χ0n) is 19.2. The first kappa shape index (κ1) is 23.2. The Morgan fingerprint density at radius 2 is 2.00 bits per heavy atom. The van der Waals surface area contributed by atoms with Crippen molar-refractivity contribution in [2.24, 2.45) is 10.7 Å². The lowest BCUT2D eigenvalue weighted by Crippen LogP contribution is -2.97. The van der Waals surface area contributed by atoms with Gasteiger partial charge in [-0.3, -0.25) is 10.1 Å². The number of hydrogen-bond acceptors (Lipinski definition) is 7. The van der Waals surface area contributed by atoms with Crippen LogP contribution in [0.3, 0.4) is 0 Å². The molecule has 1 aromatic rings. The van der Waals surface area contributed by atoms with Gasteiger partial charge < -0.3 is 25.4 Å². The van der Waals surface area contributed by atoms with Crippen LogP contribution in [0, 0.1) is 0 Å². The molecule has 0 aliphatic carbocycles. The monoisotopic (exact) mass is 457 g/mol. The molecular weight excluding hydrogens is 424 g/mol. The van der Waals surface area contributed by atoms with Crippen molar-refractivity contribution in [1.29, 1.82) is 0 Å². The number of hydrogen-bond donors (Lipinski definition) is 4. The Hall–Kier alpha value is -2.95. The van der Waals surface area contributed by atoms with Crippen molar-refractivity contribution in [2.75, 3.05) is 45.8 Å². The number of nitrogens with one attached hydrogen (secondary N) is 2. The fourth-order valence-electron chi connectivity index (χ4n) is 4.56. The van der Waals surface area contributed by atoms with E-state index in [-0.39, 0.29) is 17.4 Å². The third kappa shape index (κ3) is 5.52. The molecule has 2 saturated heterocycles. The molecular formula is C23H33N6O4+. The average Bonchev–Trinajstić information content (AvgIpc) is 2.80. The number of nitrogens with two attached hydrogens (primary N) is 2. The van der Waals surface area contributed by atoms with E-state index in [0.717, 1.165) is 44.5 Å². The summed E-state index contributed by atoms with van der Waals surface area (Å²) in [6, 6.07) is 5.94. The summed E-state index contributed by atoms with van der Waals surface area (Å²) in [5.41, 5.74) is 7.25. The van der Waals surface area contributed by atoms with Gasteiger partial charge in [-0.1, -0.05) is 6.07 Å². The molecule has 1 aromatic carbocycles. The number of rotatable bonds is 6. The number of piperidine rings is 1. The Morgan fingerprint density at radius 3 is 2.67 bits per heavy atom. The van der Waals surface area contributed by atoms with E-state index < -0.39 is 11.8 Å². The van der Waals surface area contributed by atoms with Gasteiger partial charge in [-0.25, -0.2) is 15.1 Å². The summed E-state index contributed by atoms with van der Waals surface area (Å²) in [6.07, 6.45) is 3.74. The average molecular weight is 458 g/mol. The van der Waals surface area contributed by atoms with Gasteiger partial charge in [0.1, 0.15) is 11.6 Å². The maximum absolute atomic E-state index is 12.7. The quantitative estimate of drug-likeness (QED) is 0.436. The summed E-state index contributed by atoms with van der Waals surface area (Å²) >= 11 is 0. The Morgan fingerprint density at radius 1 is 1.27 bits per heavy atom. The number of benzene rings is 1. The van der Waals surface area contributed by atoms with Crippen LogP contribution in [-0.2, 0) is 14.3 Å². The normalized spacial score (nSPS) is 22.4. The molecule has 33 heavy (non-hydrogen) atoms. The van der Waals surface area contributed by atoms with Crippen LogP contribution in [0.5, 0.6) is 5.75 Å².